The van der Waals surface area contributed by atoms with Crippen molar-refractivity contribution < 1.29 is 23.8 Å². The van der Waals surface area contributed by atoms with Crippen molar-refractivity contribution in [3.63, 3.8) is 0 Å². The molecule has 0 radical (unpaired) electrons. The van der Waals surface area contributed by atoms with E-state index in [0.29, 0.717) is 43.5 Å². The lowest BCUT2D eigenvalue weighted by molar-refractivity contribution is -0.136. The number of likely N-dealkylation sites (N-methyl/N-ethyl adjacent to an activating group) is 1. The molecule has 2 aliphatic heterocycles. The van der Waals surface area contributed by atoms with Gasteiger partial charge in [-0.05, 0) is 19.2 Å². The molecule has 3 rings (SSSR count). The van der Waals surface area contributed by atoms with E-state index in [2.05, 4.69) is 5.32 Å². The van der Waals surface area contributed by atoms with E-state index in [0.717, 1.165) is 0 Å². The number of fused-ring (bicyclic) bond motifs is 1. The molecule has 0 bridgehead atoms. The zero-order valence-electron chi connectivity index (χ0n) is 13.6. The highest BCUT2D eigenvalue weighted by Gasteiger charge is 2.19. The van der Waals surface area contributed by atoms with E-state index in [4.69, 9.17) is 14.2 Å². The minimum atomic E-state index is -0.189. The molecule has 2 heterocycles. The van der Waals surface area contributed by atoms with Gasteiger partial charge in [0.2, 0.25) is 18.6 Å². The SMILES string of the molecule is CN(CC(=O)Nc1ccc2c(c1)OCO2)CC(=O)N1CCOCC1. The van der Waals surface area contributed by atoms with Crippen LogP contribution in [-0.2, 0) is 14.3 Å². The highest BCUT2D eigenvalue weighted by atomic mass is 16.7. The summed E-state index contributed by atoms with van der Waals surface area (Å²) >= 11 is 0. The maximum absolute atomic E-state index is 12.1. The Kier molecular flexibility index (Phi) is 5.17. The summed E-state index contributed by atoms with van der Waals surface area (Å²) in [7, 11) is 1.75. The van der Waals surface area contributed by atoms with Crippen LogP contribution in [0, 0.1) is 0 Å². The van der Waals surface area contributed by atoms with E-state index in [-0.39, 0.29) is 31.7 Å². The van der Waals surface area contributed by atoms with Crippen LogP contribution < -0.4 is 14.8 Å². The third-order valence-corrected chi connectivity index (χ3v) is 3.84. The number of rotatable bonds is 5. The fraction of sp³-hybridized carbons (Fsp3) is 0.500. The molecular weight excluding hydrogens is 314 g/mol. The molecule has 0 saturated carbocycles. The maximum atomic E-state index is 12.1. The monoisotopic (exact) mass is 335 g/mol. The number of anilines is 1. The van der Waals surface area contributed by atoms with Crippen LogP contribution in [0.25, 0.3) is 0 Å². The number of amides is 2. The molecule has 130 valence electrons. The fourth-order valence-electron chi connectivity index (χ4n) is 2.62. The van der Waals surface area contributed by atoms with Gasteiger partial charge in [-0.1, -0.05) is 0 Å². The van der Waals surface area contributed by atoms with Gasteiger partial charge < -0.3 is 24.4 Å². The third kappa shape index (κ3) is 4.15. The number of ether oxygens (including phenoxy) is 3. The topological polar surface area (TPSA) is 80.3 Å². The number of benzene rings is 1. The smallest absolute Gasteiger partial charge is 0.238 e. The molecule has 1 aromatic rings. The first-order chi connectivity index (χ1) is 11.6. The number of morpholine rings is 1. The molecule has 8 heteroatoms. The second kappa shape index (κ2) is 7.50. The van der Waals surface area contributed by atoms with Crippen molar-refractivity contribution in [1.82, 2.24) is 9.80 Å². The van der Waals surface area contributed by atoms with Crippen molar-refractivity contribution in [2.24, 2.45) is 0 Å². The first-order valence-corrected chi connectivity index (χ1v) is 7.85. The summed E-state index contributed by atoms with van der Waals surface area (Å²) in [6, 6.07) is 5.23. The van der Waals surface area contributed by atoms with Gasteiger partial charge in [-0.3, -0.25) is 14.5 Å². The summed E-state index contributed by atoms with van der Waals surface area (Å²) < 4.78 is 15.7. The summed E-state index contributed by atoms with van der Waals surface area (Å²) in [5.74, 6) is 1.10. The van der Waals surface area contributed by atoms with Gasteiger partial charge >= 0.3 is 0 Å². The molecule has 1 fully saturated rings. The largest absolute Gasteiger partial charge is 0.454 e. The van der Waals surface area contributed by atoms with Crippen molar-refractivity contribution in [3.8, 4) is 11.5 Å². The van der Waals surface area contributed by atoms with Gasteiger partial charge in [-0.15, -0.1) is 0 Å². The quantitative estimate of drug-likeness (QED) is 0.825. The Morgan fingerprint density at radius 1 is 1.17 bits per heavy atom. The van der Waals surface area contributed by atoms with E-state index in [1.807, 2.05) is 0 Å². The van der Waals surface area contributed by atoms with Crippen molar-refractivity contribution in [2.75, 3.05) is 58.6 Å². The van der Waals surface area contributed by atoms with Crippen LogP contribution in [0.2, 0.25) is 0 Å². The molecular formula is C16H21N3O5. The van der Waals surface area contributed by atoms with Gasteiger partial charge in [0.25, 0.3) is 0 Å². The first-order valence-electron chi connectivity index (χ1n) is 7.85. The van der Waals surface area contributed by atoms with E-state index >= 15 is 0 Å². The van der Waals surface area contributed by atoms with Crippen LogP contribution in [0.4, 0.5) is 5.69 Å². The van der Waals surface area contributed by atoms with Crippen LogP contribution in [0.15, 0.2) is 18.2 Å². The molecule has 8 nitrogen and oxygen atoms in total. The molecule has 1 N–H and O–H groups in total. The lowest BCUT2D eigenvalue weighted by Crippen LogP contribution is -2.46. The van der Waals surface area contributed by atoms with Gasteiger partial charge in [-0.2, -0.15) is 0 Å². The Hall–Kier alpha value is -2.32. The van der Waals surface area contributed by atoms with Crippen LogP contribution in [0.5, 0.6) is 11.5 Å². The van der Waals surface area contributed by atoms with E-state index < -0.39 is 0 Å². The van der Waals surface area contributed by atoms with Crippen molar-refractivity contribution >= 4 is 17.5 Å². The minimum Gasteiger partial charge on any atom is -0.454 e. The molecule has 2 amide bonds. The predicted molar refractivity (Wildman–Crippen MR) is 86.1 cm³/mol. The van der Waals surface area contributed by atoms with Crippen molar-refractivity contribution in [2.45, 2.75) is 0 Å². The van der Waals surface area contributed by atoms with Crippen molar-refractivity contribution in [1.29, 1.82) is 0 Å². The van der Waals surface area contributed by atoms with E-state index in [9.17, 15) is 9.59 Å². The second-order valence-corrected chi connectivity index (χ2v) is 5.78. The van der Waals surface area contributed by atoms with Crippen molar-refractivity contribution in [3.05, 3.63) is 18.2 Å². The predicted octanol–water partition coefficient (Wildman–Crippen LogP) is 0.144. The average molecular weight is 335 g/mol. The number of nitrogens with zero attached hydrogens (tertiary/aromatic N) is 2. The molecule has 0 atom stereocenters. The number of carbonyl (C=O) groups excluding carboxylic acids is 2. The molecule has 24 heavy (non-hydrogen) atoms. The standard InChI is InChI=1S/C16H21N3O5/c1-18(10-16(21)19-4-6-22-7-5-19)9-15(20)17-12-2-3-13-14(8-12)24-11-23-13/h2-3,8H,4-7,9-11H2,1H3,(H,17,20). The number of hydrogen-bond acceptors (Lipinski definition) is 6. The molecule has 1 saturated heterocycles. The fourth-order valence-corrected chi connectivity index (χ4v) is 2.62. The zero-order chi connectivity index (χ0) is 16.9. The van der Waals surface area contributed by atoms with Crippen LogP contribution in [0.1, 0.15) is 0 Å². The highest BCUT2D eigenvalue weighted by Crippen LogP contribution is 2.34. The lowest BCUT2D eigenvalue weighted by Gasteiger charge is -2.28. The summed E-state index contributed by atoms with van der Waals surface area (Å²) in [4.78, 5) is 27.7. The van der Waals surface area contributed by atoms with Crippen LogP contribution in [0.3, 0.4) is 0 Å². The Morgan fingerprint density at radius 3 is 2.71 bits per heavy atom. The van der Waals surface area contributed by atoms with Crippen LogP contribution in [-0.4, -0.2) is 74.8 Å². The Labute approximate surface area is 140 Å². The number of carbonyl (C=O) groups is 2. The summed E-state index contributed by atoms with van der Waals surface area (Å²) in [6.07, 6.45) is 0. The molecule has 0 unspecified atom stereocenters. The number of nitrogens with one attached hydrogen (secondary N) is 1. The van der Waals surface area contributed by atoms with E-state index in [1.165, 1.54) is 0 Å². The Balaban J connectivity index is 1.46. The van der Waals surface area contributed by atoms with Gasteiger partial charge in [0.05, 0.1) is 26.3 Å². The van der Waals surface area contributed by atoms with Crippen LogP contribution >= 0.6 is 0 Å². The van der Waals surface area contributed by atoms with Gasteiger partial charge in [0.15, 0.2) is 11.5 Å². The zero-order valence-corrected chi connectivity index (χ0v) is 13.6. The minimum absolute atomic E-state index is 0.0108. The van der Waals surface area contributed by atoms with Gasteiger partial charge in [-0.25, -0.2) is 0 Å². The summed E-state index contributed by atoms with van der Waals surface area (Å²) in [5.41, 5.74) is 0.636. The molecule has 2 aliphatic rings. The Morgan fingerprint density at radius 2 is 1.92 bits per heavy atom. The van der Waals surface area contributed by atoms with Gasteiger partial charge in [0, 0.05) is 24.8 Å². The highest BCUT2D eigenvalue weighted by molar-refractivity contribution is 5.93. The summed E-state index contributed by atoms with van der Waals surface area (Å²) in [5, 5.41) is 2.79. The lowest BCUT2D eigenvalue weighted by atomic mass is 10.2. The second-order valence-electron chi connectivity index (χ2n) is 5.78. The van der Waals surface area contributed by atoms with E-state index in [1.54, 1.807) is 35.0 Å². The average Bonchev–Trinajstić information content (AvgIpc) is 3.03. The molecule has 0 aliphatic carbocycles. The molecule has 0 spiro atoms. The molecule has 0 aromatic heterocycles. The Bertz CT molecular complexity index is 616. The molecule has 1 aromatic carbocycles. The summed E-state index contributed by atoms with van der Waals surface area (Å²) in [6.45, 7) is 2.88. The van der Waals surface area contributed by atoms with Gasteiger partial charge in [0.1, 0.15) is 0 Å². The number of hydrogen-bond donors (Lipinski definition) is 1. The first kappa shape index (κ1) is 16.5. The maximum Gasteiger partial charge on any atom is 0.238 e. The normalized spacial score (nSPS) is 16.3. The third-order valence-electron chi connectivity index (χ3n) is 3.84.